The van der Waals surface area contributed by atoms with Gasteiger partial charge in [-0.3, -0.25) is 0 Å². The van der Waals surface area contributed by atoms with Crippen molar-refractivity contribution in [3.8, 4) is 5.75 Å². The molecule has 2 rings (SSSR count). The maximum Gasteiger partial charge on any atom is 0.136 e. The van der Waals surface area contributed by atoms with Crippen molar-refractivity contribution >= 4 is 11.4 Å². The van der Waals surface area contributed by atoms with Crippen LogP contribution in [0.25, 0.3) is 0 Å². The van der Waals surface area contributed by atoms with Gasteiger partial charge in [0, 0.05) is 42.1 Å². The van der Waals surface area contributed by atoms with E-state index in [0.717, 1.165) is 11.3 Å². The number of nitrogens with one attached hydrogen (secondary N) is 1. The Morgan fingerprint density at radius 2 is 1.58 bits per heavy atom. The summed E-state index contributed by atoms with van der Waals surface area (Å²) in [6.07, 6.45) is 0.251. The Balaban J connectivity index is 2.24. The van der Waals surface area contributed by atoms with Gasteiger partial charge in [-0.15, -0.1) is 4.72 Å². The summed E-state index contributed by atoms with van der Waals surface area (Å²) >= 11 is -1.60. The molecule has 2 aromatic rings. The average molecular weight is 457 g/mol. The Labute approximate surface area is 186 Å². The van der Waals surface area contributed by atoms with Crippen LogP contribution < -0.4 is 9.46 Å². The molecule has 0 saturated carbocycles. The van der Waals surface area contributed by atoms with Crippen LogP contribution in [0.5, 0.6) is 5.75 Å². The molecule has 0 saturated heterocycles. The van der Waals surface area contributed by atoms with Crippen molar-refractivity contribution in [3.63, 3.8) is 0 Å². The molecular weight excluding hydrogens is 425 g/mol. The molecule has 0 radical (unpaired) electrons. The van der Waals surface area contributed by atoms with Crippen molar-refractivity contribution in [1.82, 2.24) is 9.62 Å². The molecular formula is C23H31F3N2O2S. The lowest BCUT2D eigenvalue weighted by atomic mass is 9.88. The molecule has 0 bridgehead atoms. The zero-order chi connectivity index (χ0) is 23.4. The second kappa shape index (κ2) is 10.3. The number of benzene rings is 2. The van der Waals surface area contributed by atoms with Crippen LogP contribution in [0.2, 0.25) is 0 Å². The van der Waals surface area contributed by atoms with Crippen LogP contribution in [0.4, 0.5) is 13.2 Å². The van der Waals surface area contributed by atoms with Gasteiger partial charge in [-0.25, -0.2) is 13.2 Å². The lowest BCUT2D eigenvalue weighted by Crippen LogP contribution is -2.51. The normalized spacial score (nSPS) is 15.1. The fourth-order valence-electron chi connectivity index (χ4n) is 3.19. The van der Waals surface area contributed by atoms with Gasteiger partial charge in [-0.05, 0) is 58.9 Å². The van der Waals surface area contributed by atoms with Gasteiger partial charge in [0.25, 0.3) is 0 Å². The number of nitrogens with zero attached hydrogens (tertiary/aromatic N) is 1. The Morgan fingerprint density at radius 1 is 1.03 bits per heavy atom. The summed E-state index contributed by atoms with van der Waals surface area (Å²) < 4.78 is 63.0. The van der Waals surface area contributed by atoms with Crippen LogP contribution in [0.1, 0.15) is 45.2 Å². The first-order chi connectivity index (χ1) is 14.4. The molecule has 0 fully saturated rings. The molecule has 0 spiro atoms. The van der Waals surface area contributed by atoms with E-state index < -0.39 is 39.1 Å². The van der Waals surface area contributed by atoms with E-state index in [1.165, 1.54) is 0 Å². The Hall–Kier alpha value is -1.74. The summed E-state index contributed by atoms with van der Waals surface area (Å²) in [7, 11) is 3.49. The number of halogens is 3. The first-order valence-corrected chi connectivity index (χ1v) is 11.2. The number of hydrogen-bond donors (Lipinski definition) is 1. The van der Waals surface area contributed by atoms with E-state index in [-0.39, 0.29) is 12.0 Å². The highest BCUT2D eigenvalue weighted by Crippen LogP contribution is 2.33. The quantitative estimate of drug-likeness (QED) is 0.545. The minimum atomic E-state index is -1.60. The summed E-state index contributed by atoms with van der Waals surface area (Å²) in [4.78, 5) is 2.00. The molecule has 1 N–H and O–H groups in total. The van der Waals surface area contributed by atoms with E-state index >= 15 is 0 Å². The highest BCUT2D eigenvalue weighted by molar-refractivity contribution is 7.90. The van der Waals surface area contributed by atoms with Gasteiger partial charge >= 0.3 is 0 Å². The minimum Gasteiger partial charge on any atom is -0.598 e. The zero-order valence-corrected chi connectivity index (χ0v) is 19.7. The average Bonchev–Trinajstić information content (AvgIpc) is 2.65. The molecule has 0 aromatic heterocycles. The van der Waals surface area contributed by atoms with Gasteiger partial charge in [0.05, 0.1) is 12.6 Å². The highest BCUT2D eigenvalue weighted by Gasteiger charge is 2.40. The molecule has 0 heterocycles. The first-order valence-electron chi connectivity index (χ1n) is 10.0. The third-order valence-electron chi connectivity index (χ3n) is 5.04. The topological polar surface area (TPSA) is 47.6 Å². The monoisotopic (exact) mass is 456 g/mol. The second-order valence-corrected chi connectivity index (χ2v) is 10.9. The van der Waals surface area contributed by atoms with E-state index in [4.69, 9.17) is 4.74 Å². The molecule has 172 valence electrons. The third kappa shape index (κ3) is 6.87. The Bertz CT molecular complexity index is 851. The van der Waals surface area contributed by atoms with Crippen LogP contribution in [-0.4, -0.2) is 34.9 Å². The van der Waals surface area contributed by atoms with Gasteiger partial charge in [0.1, 0.15) is 27.9 Å². The molecule has 0 aliphatic carbocycles. The van der Waals surface area contributed by atoms with Crippen LogP contribution in [0, 0.1) is 17.5 Å². The van der Waals surface area contributed by atoms with Gasteiger partial charge < -0.3 is 14.2 Å². The molecule has 8 heteroatoms. The van der Waals surface area contributed by atoms with E-state index in [0.29, 0.717) is 25.2 Å². The summed E-state index contributed by atoms with van der Waals surface area (Å²) in [5, 5.41) is 0. The summed E-state index contributed by atoms with van der Waals surface area (Å²) in [5.41, 5.74) is -0.575. The molecule has 4 nitrogen and oxygen atoms in total. The van der Waals surface area contributed by atoms with Gasteiger partial charge in [-0.2, -0.15) is 0 Å². The predicted molar refractivity (Wildman–Crippen MR) is 119 cm³/mol. The van der Waals surface area contributed by atoms with Crippen molar-refractivity contribution in [2.24, 2.45) is 0 Å². The van der Waals surface area contributed by atoms with Crippen molar-refractivity contribution in [2.75, 3.05) is 20.7 Å². The van der Waals surface area contributed by atoms with Crippen LogP contribution >= 0.6 is 0 Å². The Morgan fingerprint density at radius 3 is 2.06 bits per heavy atom. The van der Waals surface area contributed by atoms with E-state index in [1.54, 1.807) is 34.8 Å². The number of hydrogen-bond acceptors (Lipinski definition) is 4. The first kappa shape index (κ1) is 25.5. The molecule has 0 amide bonds. The number of methoxy groups -OCH3 is 1. The van der Waals surface area contributed by atoms with Crippen LogP contribution in [0.15, 0.2) is 36.4 Å². The second-order valence-electron chi connectivity index (χ2n) is 8.90. The zero-order valence-electron chi connectivity index (χ0n) is 18.9. The number of ether oxygens (including phenoxy) is 1. The molecule has 0 unspecified atom stereocenters. The van der Waals surface area contributed by atoms with E-state index in [1.807, 2.05) is 36.2 Å². The lowest BCUT2D eigenvalue weighted by molar-refractivity contribution is 0.262. The highest BCUT2D eigenvalue weighted by atomic mass is 32.2. The fourth-order valence-corrected chi connectivity index (χ4v) is 4.11. The standard InChI is InChI=1S/C23H31F3N2O2S/c1-22(2,3)31(29)27-23(4,21-19(25)13-17(24)14-20(21)26)11-12-28(5)15-16-7-9-18(30-6)10-8-16/h7-10,13-14,27H,11-12,15H2,1-6H3/t23-,31-/m0/s1. The fraction of sp³-hybridized carbons (Fsp3) is 0.478. The predicted octanol–water partition coefficient (Wildman–Crippen LogP) is 4.90. The smallest absolute Gasteiger partial charge is 0.136 e. The molecule has 0 aliphatic heterocycles. The van der Waals surface area contributed by atoms with Crippen molar-refractivity contribution in [1.29, 1.82) is 0 Å². The maximum atomic E-state index is 14.7. The van der Waals surface area contributed by atoms with Crippen molar-refractivity contribution in [2.45, 2.75) is 50.9 Å². The van der Waals surface area contributed by atoms with Crippen molar-refractivity contribution < 1.29 is 22.5 Å². The van der Waals surface area contributed by atoms with E-state index in [9.17, 15) is 17.7 Å². The minimum absolute atomic E-state index is 0.251. The third-order valence-corrected chi connectivity index (χ3v) is 6.79. The number of rotatable bonds is 9. The molecule has 31 heavy (non-hydrogen) atoms. The summed E-state index contributed by atoms with van der Waals surface area (Å²) in [5.74, 6) is -2.24. The van der Waals surface area contributed by atoms with Crippen molar-refractivity contribution in [3.05, 3.63) is 65.0 Å². The lowest BCUT2D eigenvalue weighted by Gasteiger charge is -2.36. The van der Waals surface area contributed by atoms with Crippen LogP contribution in [-0.2, 0) is 23.4 Å². The molecule has 2 aromatic carbocycles. The molecule has 2 atom stereocenters. The van der Waals surface area contributed by atoms with Gasteiger partial charge in [0.2, 0.25) is 0 Å². The van der Waals surface area contributed by atoms with Gasteiger partial charge in [-0.1, -0.05) is 12.1 Å². The maximum absolute atomic E-state index is 14.7. The van der Waals surface area contributed by atoms with Crippen LogP contribution in [0.3, 0.4) is 0 Å². The summed E-state index contributed by atoms with van der Waals surface area (Å²) in [6.45, 7) is 7.96. The largest absolute Gasteiger partial charge is 0.598 e. The summed E-state index contributed by atoms with van der Waals surface area (Å²) in [6, 6.07) is 8.93. The molecule has 0 aliphatic rings. The SMILES string of the molecule is COc1ccc(CN(C)CC[C@](C)(N[S@@+]([O-])C(C)(C)C)c2c(F)cc(F)cc2F)cc1. The van der Waals surface area contributed by atoms with Gasteiger partial charge in [0.15, 0.2) is 0 Å². The Kier molecular flexibility index (Phi) is 8.44. The van der Waals surface area contributed by atoms with E-state index in [2.05, 4.69) is 4.72 Å².